The van der Waals surface area contributed by atoms with Crippen molar-refractivity contribution in [2.45, 2.75) is 6.92 Å². The Kier molecular flexibility index (Phi) is 9.21. The molecule has 0 aliphatic rings. The highest BCUT2D eigenvalue weighted by Gasteiger charge is 2.16. The van der Waals surface area contributed by atoms with Gasteiger partial charge in [-0.05, 0) is 133 Å². The van der Waals surface area contributed by atoms with Gasteiger partial charge in [0.2, 0.25) is 0 Å². The van der Waals surface area contributed by atoms with E-state index in [2.05, 4.69) is 181 Å². The Hall–Kier alpha value is -8.14. The average molecular weight is 792 g/mol. The number of benzene rings is 10. The van der Waals surface area contributed by atoms with E-state index in [4.69, 9.17) is 9.98 Å². The number of aromatic nitrogens is 1. The summed E-state index contributed by atoms with van der Waals surface area (Å²) < 4.78 is 2.38. The van der Waals surface area contributed by atoms with E-state index in [1.807, 2.05) is 55.5 Å². The summed E-state index contributed by atoms with van der Waals surface area (Å²) in [7, 11) is 0. The first-order valence-electron chi connectivity index (χ1n) is 21.1. The van der Waals surface area contributed by atoms with Gasteiger partial charge >= 0.3 is 0 Å². The highest BCUT2D eigenvalue weighted by Crippen LogP contribution is 2.39. The maximum absolute atomic E-state index is 5.09. The molecule has 0 unspecified atom stereocenters. The molecular weight excluding hydrogens is 751 g/mol. The van der Waals surface area contributed by atoms with Crippen LogP contribution < -0.4 is 0 Å². The lowest BCUT2D eigenvalue weighted by atomic mass is 9.95. The molecule has 0 aliphatic heterocycles. The predicted molar refractivity (Wildman–Crippen MR) is 265 cm³/mol. The van der Waals surface area contributed by atoms with E-state index in [1.165, 1.54) is 65.3 Å². The minimum absolute atomic E-state index is 0.617. The van der Waals surface area contributed by atoms with Crippen LogP contribution in [-0.4, -0.2) is 16.1 Å². The molecule has 0 radical (unpaired) electrons. The lowest BCUT2D eigenvalue weighted by Crippen LogP contribution is -2.05. The van der Waals surface area contributed by atoms with Crippen LogP contribution in [-0.2, 0) is 0 Å². The summed E-state index contributed by atoms with van der Waals surface area (Å²) in [6.45, 7) is 6.35. The van der Waals surface area contributed by atoms with E-state index >= 15 is 0 Å². The molecule has 3 nitrogen and oxygen atoms in total. The second kappa shape index (κ2) is 15.5. The summed E-state index contributed by atoms with van der Waals surface area (Å²) in [5, 5.41) is 9.88. The zero-order chi connectivity index (χ0) is 41.6. The van der Waals surface area contributed by atoms with Crippen LogP contribution in [0.3, 0.4) is 0 Å². The van der Waals surface area contributed by atoms with E-state index in [1.54, 1.807) is 0 Å². The summed E-state index contributed by atoms with van der Waals surface area (Å²) in [6, 6.07) is 78.0. The van der Waals surface area contributed by atoms with Crippen LogP contribution in [0, 0.1) is 0 Å². The molecule has 10 aromatic carbocycles. The first kappa shape index (κ1) is 36.9. The van der Waals surface area contributed by atoms with Gasteiger partial charge in [-0.15, -0.1) is 0 Å². The quantitative estimate of drug-likeness (QED) is 0.114. The van der Waals surface area contributed by atoms with Gasteiger partial charge < -0.3 is 4.57 Å². The summed E-state index contributed by atoms with van der Waals surface area (Å²) >= 11 is 0. The van der Waals surface area contributed by atoms with Crippen LogP contribution in [0.5, 0.6) is 0 Å². The predicted octanol–water partition coefficient (Wildman–Crippen LogP) is 15.5. The highest BCUT2D eigenvalue weighted by atomic mass is 15.0. The average Bonchev–Trinajstić information content (AvgIpc) is 3.68. The minimum atomic E-state index is 0.617. The molecule has 0 N–H and O–H groups in total. The van der Waals surface area contributed by atoms with Crippen LogP contribution in [0.4, 0.5) is 0 Å². The fraction of sp³-hybridized carbons (Fsp3) is 0.0169. The van der Waals surface area contributed by atoms with E-state index in [0.29, 0.717) is 11.5 Å². The fourth-order valence-electron chi connectivity index (χ4n) is 8.86. The zero-order valence-electron chi connectivity index (χ0n) is 34.3. The number of hydrogen-bond acceptors (Lipinski definition) is 1. The van der Waals surface area contributed by atoms with Gasteiger partial charge in [0.1, 0.15) is 0 Å². The number of amidine groups is 1. The molecule has 0 bridgehead atoms. The molecule has 0 saturated heterocycles. The highest BCUT2D eigenvalue weighted by molar-refractivity contribution is 6.22. The van der Waals surface area contributed by atoms with E-state index in [0.717, 1.165) is 39.1 Å². The Morgan fingerprint density at radius 1 is 0.387 bits per heavy atom. The lowest BCUT2D eigenvalue weighted by Gasteiger charge is -2.11. The number of hydrogen-bond donors (Lipinski definition) is 0. The Bertz CT molecular complexity index is 3570. The molecule has 11 rings (SSSR count). The molecule has 1 heterocycles. The monoisotopic (exact) mass is 791 g/mol. The zero-order valence-corrected chi connectivity index (χ0v) is 34.3. The number of rotatable bonds is 7. The van der Waals surface area contributed by atoms with Crippen molar-refractivity contribution in [2.24, 2.45) is 9.98 Å². The van der Waals surface area contributed by atoms with Gasteiger partial charge in [-0.3, -0.25) is 0 Å². The molecular formula is C59H41N3. The largest absolute Gasteiger partial charge is 0.309 e. The molecule has 0 saturated carbocycles. The maximum Gasteiger partial charge on any atom is 0.160 e. The molecule has 0 atom stereocenters. The Balaban J connectivity index is 0.994. The summed E-state index contributed by atoms with van der Waals surface area (Å²) in [4.78, 5) is 10.1. The third-order valence-corrected chi connectivity index (χ3v) is 12.1. The SMILES string of the molecule is C=C(N=C(N=C(C)c1ccccc1)c1ccc(-n2c3ccccc3c3c4cc(-c5ccc6ccc(-c7ccc8ccccc8c7)cc6c5)ccc4ccc32)cc1)c1ccccc1. The van der Waals surface area contributed by atoms with Crippen LogP contribution in [0.25, 0.3) is 87.8 Å². The van der Waals surface area contributed by atoms with Crippen molar-refractivity contribution in [1.29, 1.82) is 0 Å². The molecule has 0 aliphatic carbocycles. The second-order valence-corrected chi connectivity index (χ2v) is 15.9. The first-order valence-corrected chi connectivity index (χ1v) is 21.1. The normalized spacial score (nSPS) is 12.2. The van der Waals surface area contributed by atoms with Crippen LogP contribution in [0.15, 0.2) is 235 Å². The molecule has 292 valence electrons. The first-order chi connectivity index (χ1) is 30.5. The van der Waals surface area contributed by atoms with Crippen LogP contribution in [0.1, 0.15) is 23.6 Å². The lowest BCUT2D eigenvalue weighted by molar-refractivity contribution is 1.18. The smallest absolute Gasteiger partial charge is 0.160 e. The van der Waals surface area contributed by atoms with Crippen LogP contribution >= 0.6 is 0 Å². The Morgan fingerprint density at radius 2 is 0.919 bits per heavy atom. The maximum atomic E-state index is 5.09. The third-order valence-electron chi connectivity index (χ3n) is 12.1. The molecule has 11 aromatic rings. The number of para-hydroxylation sites is 1. The Morgan fingerprint density at radius 3 is 1.61 bits per heavy atom. The topological polar surface area (TPSA) is 29.6 Å². The number of aliphatic imine (C=N–C) groups is 2. The third kappa shape index (κ3) is 6.76. The van der Waals surface area contributed by atoms with Gasteiger partial charge in [-0.25, -0.2) is 9.98 Å². The van der Waals surface area contributed by atoms with E-state index < -0.39 is 0 Å². The summed E-state index contributed by atoms with van der Waals surface area (Å²) in [5.41, 5.74) is 12.7. The van der Waals surface area contributed by atoms with Crippen molar-refractivity contribution in [3.05, 3.63) is 242 Å². The molecule has 1 aromatic heterocycles. The van der Waals surface area contributed by atoms with Crippen molar-refractivity contribution in [3.8, 4) is 27.9 Å². The van der Waals surface area contributed by atoms with Gasteiger partial charge in [0.25, 0.3) is 0 Å². The van der Waals surface area contributed by atoms with Gasteiger partial charge in [-0.2, -0.15) is 0 Å². The molecule has 0 amide bonds. The summed E-state index contributed by atoms with van der Waals surface area (Å²) in [6.07, 6.45) is 0. The number of nitrogens with zero attached hydrogens (tertiary/aromatic N) is 3. The minimum Gasteiger partial charge on any atom is -0.309 e. The molecule has 3 heteroatoms. The van der Waals surface area contributed by atoms with Gasteiger partial charge in [0, 0.05) is 27.7 Å². The standard InChI is InChI=1S/C59H41N3/c1-39(41-13-5-3-6-14-41)60-59(61-40(2)42-15-7-4-8-16-42)46-29-32-53(33-30-46)62-56-20-12-11-19-54(56)58-55-38-51(28-24-45(55)31-34-57(58)62)50-27-23-44-22-26-49(36-52(44)37-50)48-25-21-43-17-9-10-18-47(43)35-48/h3-38H,1H2,2H3. The van der Waals surface area contributed by atoms with E-state index in [9.17, 15) is 0 Å². The van der Waals surface area contributed by atoms with Gasteiger partial charge in [0.05, 0.1) is 16.7 Å². The van der Waals surface area contributed by atoms with Gasteiger partial charge in [0.15, 0.2) is 5.84 Å². The van der Waals surface area contributed by atoms with Crippen molar-refractivity contribution >= 4 is 71.4 Å². The van der Waals surface area contributed by atoms with Crippen molar-refractivity contribution in [1.82, 2.24) is 4.57 Å². The molecule has 0 spiro atoms. The van der Waals surface area contributed by atoms with Crippen molar-refractivity contribution in [2.75, 3.05) is 0 Å². The van der Waals surface area contributed by atoms with Gasteiger partial charge in [-0.1, -0.05) is 164 Å². The number of fused-ring (bicyclic) bond motifs is 7. The fourth-order valence-corrected chi connectivity index (χ4v) is 8.86. The van der Waals surface area contributed by atoms with E-state index in [-0.39, 0.29) is 0 Å². The van der Waals surface area contributed by atoms with Crippen molar-refractivity contribution in [3.63, 3.8) is 0 Å². The Labute approximate surface area is 360 Å². The molecule has 62 heavy (non-hydrogen) atoms. The van der Waals surface area contributed by atoms with Crippen molar-refractivity contribution < 1.29 is 0 Å². The summed E-state index contributed by atoms with van der Waals surface area (Å²) in [5.74, 6) is 0.617. The molecule has 0 fully saturated rings. The second-order valence-electron chi connectivity index (χ2n) is 15.9. The van der Waals surface area contributed by atoms with Crippen LogP contribution in [0.2, 0.25) is 0 Å².